The second-order valence-corrected chi connectivity index (χ2v) is 5.38. The lowest BCUT2D eigenvalue weighted by atomic mass is 10.1. The fourth-order valence-corrected chi connectivity index (χ4v) is 2.53. The first kappa shape index (κ1) is 17.2. The lowest BCUT2D eigenvalue weighted by Gasteiger charge is -2.05. The summed E-state index contributed by atoms with van der Waals surface area (Å²) in [6.07, 6.45) is 0. The van der Waals surface area contributed by atoms with Crippen molar-refractivity contribution in [3.63, 3.8) is 0 Å². The number of benzene rings is 2. The normalized spacial score (nSPS) is 10.5. The van der Waals surface area contributed by atoms with Crippen molar-refractivity contribution in [2.75, 3.05) is 7.11 Å². The van der Waals surface area contributed by atoms with Gasteiger partial charge in [-0.1, -0.05) is 6.07 Å². The van der Waals surface area contributed by atoms with Gasteiger partial charge in [0.15, 0.2) is 0 Å². The van der Waals surface area contributed by atoms with E-state index >= 15 is 0 Å². The number of rotatable bonds is 4. The highest BCUT2D eigenvalue weighted by Gasteiger charge is 2.20. The Hall–Kier alpha value is -3.68. The van der Waals surface area contributed by atoms with Crippen molar-refractivity contribution in [2.24, 2.45) is 0 Å². The van der Waals surface area contributed by atoms with Gasteiger partial charge in [0.1, 0.15) is 22.7 Å². The molecule has 0 saturated carbocycles. The number of nitro benzene ring substituents is 1. The molecule has 0 amide bonds. The number of nitrogens with zero attached hydrogens (tertiary/aromatic N) is 1. The highest BCUT2D eigenvalue weighted by Crippen LogP contribution is 2.30. The number of non-ortho nitro benzene ring substituents is 1. The standard InChI is InChI=1S/C18H13NO7/c1-10-16(18(21)24-2)14-9-13(6-7-15(14)25-10)26-17(20)11-4-3-5-12(8-11)19(22)23/h3-9H,1-2H3. The summed E-state index contributed by atoms with van der Waals surface area (Å²) < 4.78 is 15.5. The van der Waals surface area contributed by atoms with Crippen LogP contribution in [0.15, 0.2) is 46.9 Å². The number of fused-ring (bicyclic) bond motifs is 1. The van der Waals surface area contributed by atoms with Crippen molar-refractivity contribution in [1.29, 1.82) is 0 Å². The van der Waals surface area contributed by atoms with E-state index in [1.807, 2.05) is 0 Å². The summed E-state index contributed by atoms with van der Waals surface area (Å²) in [4.78, 5) is 34.4. The maximum atomic E-state index is 12.2. The van der Waals surface area contributed by atoms with E-state index in [2.05, 4.69) is 0 Å². The minimum absolute atomic E-state index is 0.0378. The van der Waals surface area contributed by atoms with Crippen LogP contribution in [0.3, 0.4) is 0 Å². The van der Waals surface area contributed by atoms with Gasteiger partial charge in [-0.15, -0.1) is 0 Å². The van der Waals surface area contributed by atoms with Crippen molar-refractivity contribution < 1.29 is 28.4 Å². The topological polar surface area (TPSA) is 109 Å². The summed E-state index contributed by atoms with van der Waals surface area (Å²) in [5, 5.41) is 11.3. The molecule has 1 heterocycles. The van der Waals surface area contributed by atoms with Crippen molar-refractivity contribution in [2.45, 2.75) is 6.92 Å². The zero-order valence-electron chi connectivity index (χ0n) is 13.8. The Kier molecular flexibility index (Phi) is 4.40. The van der Waals surface area contributed by atoms with Crippen LogP contribution in [0.4, 0.5) is 5.69 Å². The quantitative estimate of drug-likeness (QED) is 0.304. The molecule has 0 fully saturated rings. The van der Waals surface area contributed by atoms with Crippen LogP contribution in [0, 0.1) is 17.0 Å². The Labute approximate surface area is 147 Å². The molecule has 8 heteroatoms. The largest absolute Gasteiger partial charge is 0.465 e. The molecule has 0 spiro atoms. The molecule has 0 unspecified atom stereocenters. The number of hydrogen-bond acceptors (Lipinski definition) is 7. The van der Waals surface area contributed by atoms with E-state index in [0.29, 0.717) is 16.7 Å². The van der Waals surface area contributed by atoms with E-state index in [0.717, 1.165) is 6.07 Å². The number of furan rings is 1. The van der Waals surface area contributed by atoms with E-state index in [1.54, 1.807) is 13.0 Å². The Morgan fingerprint density at radius 1 is 1.12 bits per heavy atom. The Morgan fingerprint density at radius 2 is 1.88 bits per heavy atom. The Morgan fingerprint density at radius 3 is 2.58 bits per heavy atom. The molecule has 132 valence electrons. The Balaban J connectivity index is 1.94. The molecule has 0 radical (unpaired) electrons. The van der Waals surface area contributed by atoms with Crippen molar-refractivity contribution in [3.8, 4) is 5.75 Å². The average molecular weight is 355 g/mol. The molecule has 0 aliphatic carbocycles. The minimum Gasteiger partial charge on any atom is -0.465 e. The fourth-order valence-electron chi connectivity index (χ4n) is 2.53. The summed E-state index contributed by atoms with van der Waals surface area (Å²) in [5.41, 5.74) is 0.512. The van der Waals surface area contributed by atoms with E-state index in [4.69, 9.17) is 13.9 Å². The molecule has 1 aromatic heterocycles. The van der Waals surface area contributed by atoms with Crippen LogP contribution in [-0.4, -0.2) is 24.0 Å². The highest BCUT2D eigenvalue weighted by atomic mass is 16.6. The maximum Gasteiger partial charge on any atom is 0.343 e. The molecule has 0 saturated heterocycles. The van der Waals surface area contributed by atoms with E-state index < -0.39 is 16.9 Å². The van der Waals surface area contributed by atoms with Crippen LogP contribution in [0.5, 0.6) is 5.75 Å². The van der Waals surface area contributed by atoms with Gasteiger partial charge in [0.25, 0.3) is 5.69 Å². The van der Waals surface area contributed by atoms with E-state index in [-0.39, 0.29) is 22.6 Å². The predicted octanol–water partition coefficient (Wildman–Crippen LogP) is 3.66. The monoisotopic (exact) mass is 355 g/mol. The summed E-state index contributed by atoms with van der Waals surface area (Å²) in [5.74, 6) is -0.773. The molecule has 26 heavy (non-hydrogen) atoms. The summed E-state index contributed by atoms with van der Waals surface area (Å²) in [6, 6.07) is 9.75. The van der Waals surface area contributed by atoms with E-state index in [9.17, 15) is 19.7 Å². The zero-order chi connectivity index (χ0) is 18.8. The van der Waals surface area contributed by atoms with Gasteiger partial charge in [-0.3, -0.25) is 10.1 Å². The van der Waals surface area contributed by atoms with Crippen LogP contribution >= 0.6 is 0 Å². The zero-order valence-corrected chi connectivity index (χ0v) is 13.8. The minimum atomic E-state index is -0.757. The third-order valence-electron chi connectivity index (χ3n) is 3.73. The third-order valence-corrected chi connectivity index (χ3v) is 3.73. The molecule has 8 nitrogen and oxygen atoms in total. The van der Waals surface area contributed by atoms with Crippen molar-refractivity contribution in [1.82, 2.24) is 0 Å². The SMILES string of the molecule is COC(=O)c1c(C)oc2ccc(OC(=O)c3cccc([N+](=O)[O-])c3)cc12. The smallest absolute Gasteiger partial charge is 0.343 e. The van der Waals surface area contributed by atoms with Gasteiger partial charge in [-0.2, -0.15) is 0 Å². The number of esters is 2. The van der Waals surface area contributed by atoms with Gasteiger partial charge in [-0.05, 0) is 31.2 Å². The highest BCUT2D eigenvalue weighted by molar-refractivity contribution is 6.05. The van der Waals surface area contributed by atoms with Crippen LogP contribution in [0.2, 0.25) is 0 Å². The number of carbonyl (C=O) groups excluding carboxylic acids is 2. The van der Waals surface area contributed by atoms with Gasteiger partial charge >= 0.3 is 11.9 Å². The molecule has 2 aromatic carbocycles. The molecular weight excluding hydrogens is 342 g/mol. The van der Waals surface area contributed by atoms with Gasteiger partial charge in [0.2, 0.25) is 0 Å². The van der Waals surface area contributed by atoms with Gasteiger partial charge in [-0.25, -0.2) is 9.59 Å². The van der Waals surface area contributed by atoms with Crippen molar-refractivity contribution >= 4 is 28.6 Å². The Bertz CT molecular complexity index is 1040. The predicted molar refractivity (Wildman–Crippen MR) is 90.3 cm³/mol. The fraction of sp³-hybridized carbons (Fsp3) is 0.111. The molecule has 0 N–H and O–H groups in total. The summed E-state index contributed by atoms with van der Waals surface area (Å²) in [6.45, 7) is 1.63. The molecule has 0 aliphatic heterocycles. The first-order chi connectivity index (χ1) is 12.4. The lowest BCUT2D eigenvalue weighted by molar-refractivity contribution is -0.384. The number of carbonyl (C=O) groups is 2. The first-order valence-electron chi connectivity index (χ1n) is 7.49. The second kappa shape index (κ2) is 6.67. The summed E-state index contributed by atoms with van der Waals surface area (Å²) >= 11 is 0. The maximum absolute atomic E-state index is 12.2. The first-order valence-corrected chi connectivity index (χ1v) is 7.49. The van der Waals surface area contributed by atoms with Gasteiger partial charge < -0.3 is 13.9 Å². The van der Waals surface area contributed by atoms with E-state index in [1.165, 1.54) is 37.4 Å². The van der Waals surface area contributed by atoms with Gasteiger partial charge in [0, 0.05) is 17.5 Å². The van der Waals surface area contributed by atoms with Gasteiger partial charge in [0.05, 0.1) is 17.6 Å². The van der Waals surface area contributed by atoms with Crippen LogP contribution in [0.1, 0.15) is 26.5 Å². The lowest BCUT2D eigenvalue weighted by Crippen LogP contribution is -2.09. The van der Waals surface area contributed by atoms with Crippen LogP contribution in [-0.2, 0) is 4.74 Å². The average Bonchev–Trinajstić information content (AvgIpc) is 2.96. The molecule has 0 bridgehead atoms. The molecule has 0 atom stereocenters. The number of ether oxygens (including phenoxy) is 2. The summed E-state index contributed by atoms with van der Waals surface area (Å²) in [7, 11) is 1.26. The third kappa shape index (κ3) is 3.12. The number of hydrogen-bond donors (Lipinski definition) is 0. The second-order valence-electron chi connectivity index (χ2n) is 5.38. The number of methoxy groups -OCH3 is 1. The van der Waals surface area contributed by atoms with Crippen LogP contribution in [0.25, 0.3) is 11.0 Å². The molecule has 3 aromatic rings. The van der Waals surface area contributed by atoms with Crippen molar-refractivity contribution in [3.05, 3.63) is 69.5 Å². The molecule has 0 aliphatic rings. The molecule has 3 rings (SSSR count). The molecular formula is C18H13NO7. The number of nitro groups is 1. The number of aryl methyl sites for hydroxylation is 1. The van der Waals surface area contributed by atoms with Crippen LogP contribution < -0.4 is 4.74 Å².